The molecule has 0 spiro atoms. The largest absolute Gasteiger partial charge is 0.398 e. The number of hydrogen-bond acceptors (Lipinski definition) is 4. The first kappa shape index (κ1) is 16.3. The van der Waals surface area contributed by atoms with Crippen molar-refractivity contribution in [2.45, 2.75) is 50.6 Å². The van der Waals surface area contributed by atoms with Crippen LogP contribution in [0.5, 0.6) is 0 Å². The lowest BCUT2D eigenvalue weighted by Gasteiger charge is -2.35. The number of nitrogen functional groups attached to an aromatic ring is 1. The van der Waals surface area contributed by atoms with Crippen molar-refractivity contribution in [3.63, 3.8) is 0 Å². The third-order valence-corrected chi connectivity index (χ3v) is 6.01. The highest BCUT2D eigenvalue weighted by molar-refractivity contribution is 7.89. The SMILES string of the molecule is Cc1cc(N)c(C)c(S(=O)(=O)NC2CCN(C)C(C)C2)c1. The molecule has 5 nitrogen and oxygen atoms in total. The van der Waals surface area contributed by atoms with Crippen LogP contribution >= 0.6 is 0 Å². The Kier molecular flexibility index (Phi) is 4.60. The average Bonchev–Trinajstić information content (AvgIpc) is 2.37. The molecule has 0 radical (unpaired) electrons. The Labute approximate surface area is 127 Å². The van der Waals surface area contributed by atoms with Crippen molar-refractivity contribution in [3.05, 3.63) is 23.3 Å². The minimum atomic E-state index is -3.53. The molecule has 1 aromatic carbocycles. The maximum Gasteiger partial charge on any atom is 0.241 e. The smallest absolute Gasteiger partial charge is 0.241 e. The monoisotopic (exact) mass is 311 g/mol. The van der Waals surface area contributed by atoms with E-state index in [1.54, 1.807) is 19.1 Å². The van der Waals surface area contributed by atoms with Crippen molar-refractivity contribution < 1.29 is 8.42 Å². The predicted molar refractivity (Wildman–Crippen MR) is 85.8 cm³/mol. The Bertz CT molecular complexity index is 628. The summed E-state index contributed by atoms with van der Waals surface area (Å²) in [5, 5.41) is 0. The number of likely N-dealkylation sites (tertiary alicyclic amines) is 1. The van der Waals surface area contributed by atoms with Crippen molar-refractivity contribution in [1.82, 2.24) is 9.62 Å². The highest BCUT2D eigenvalue weighted by atomic mass is 32.2. The molecule has 0 saturated carbocycles. The van der Waals surface area contributed by atoms with E-state index in [1.807, 2.05) is 6.92 Å². The van der Waals surface area contributed by atoms with Crippen LogP contribution in [0.3, 0.4) is 0 Å². The van der Waals surface area contributed by atoms with Gasteiger partial charge < -0.3 is 10.6 Å². The second-order valence-corrected chi connectivity index (χ2v) is 7.83. The summed E-state index contributed by atoms with van der Waals surface area (Å²) in [5.74, 6) is 0. The van der Waals surface area contributed by atoms with E-state index in [2.05, 4.69) is 23.6 Å². The van der Waals surface area contributed by atoms with Crippen LogP contribution in [0.25, 0.3) is 0 Å². The number of piperidine rings is 1. The number of nitrogens with two attached hydrogens (primary N) is 1. The van der Waals surface area contributed by atoms with Gasteiger partial charge in [0.2, 0.25) is 10.0 Å². The number of nitrogens with one attached hydrogen (secondary N) is 1. The molecule has 0 bridgehead atoms. The molecule has 0 amide bonds. The third kappa shape index (κ3) is 3.56. The van der Waals surface area contributed by atoms with Gasteiger partial charge in [-0.3, -0.25) is 0 Å². The molecule has 2 atom stereocenters. The summed E-state index contributed by atoms with van der Waals surface area (Å²) in [6, 6.07) is 3.86. The van der Waals surface area contributed by atoms with Crippen LogP contribution in [0.1, 0.15) is 30.9 Å². The second kappa shape index (κ2) is 5.94. The van der Waals surface area contributed by atoms with Gasteiger partial charge in [0.15, 0.2) is 0 Å². The van der Waals surface area contributed by atoms with E-state index < -0.39 is 10.0 Å². The van der Waals surface area contributed by atoms with Crippen molar-refractivity contribution >= 4 is 15.7 Å². The van der Waals surface area contributed by atoms with Gasteiger partial charge in [-0.05, 0) is 70.5 Å². The van der Waals surface area contributed by atoms with E-state index in [0.717, 1.165) is 24.9 Å². The molecule has 118 valence electrons. The van der Waals surface area contributed by atoms with E-state index in [1.165, 1.54) is 0 Å². The summed E-state index contributed by atoms with van der Waals surface area (Å²) >= 11 is 0. The first-order valence-corrected chi connectivity index (χ1v) is 8.78. The fourth-order valence-corrected chi connectivity index (χ4v) is 4.45. The van der Waals surface area contributed by atoms with Crippen LogP contribution in [-0.2, 0) is 10.0 Å². The van der Waals surface area contributed by atoms with Gasteiger partial charge in [-0.15, -0.1) is 0 Å². The van der Waals surface area contributed by atoms with Crippen LogP contribution in [0.4, 0.5) is 5.69 Å². The van der Waals surface area contributed by atoms with E-state index in [-0.39, 0.29) is 6.04 Å². The van der Waals surface area contributed by atoms with E-state index >= 15 is 0 Å². The fraction of sp³-hybridized carbons (Fsp3) is 0.600. The zero-order valence-corrected chi connectivity index (χ0v) is 14.0. The molecule has 0 aromatic heterocycles. The number of hydrogen-bond donors (Lipinski definition) is 2. The highest BCUT2D eigenvalue weighted by Gasteiger charge is 2.28. The molecule has 1 heterocycles. The molecular formula is C15H25N3O2S. The maximum atomic E-state index is 12.6. The molecule has 2 unspecified atom stereocenters. The predicted octanol–water partition coefficient (Wildman–Crippen LogP) is 1.65. The minimum Gasteiger partial charge on any atom is -0.398 e. The molecule has 21 heavy (non-hydrogen) atoms. The molecule has 1 fully saturated rings. The Balaban J connectivity index is 2.23. The molecule has 3 N–H and O–H groups in total. The summed E-state index contributed by atoms with van der Waals surface area (Å²) in [7, 11) is -1.45. The van der Waals surface area contributed by atoms with Crippen LogP contribution < -0.4 is 10.5 Å². The Morgan fingerprint density at radius 3 is 2.62 bits per heavy atom. The molecule has 1 aromatic rings. The van der Waals surface area contributed by atoms with Gasteiger partial charge in [0.1, 0.15) is 0 Å². The van der Waals surface area contributed by atoms with Crippen molar-refractivity contribution in [1.29, 1.82) is 0 Å². The number of nitrogens with zero attached hydrogens (tertiary/aromatic N) is 1. The average molecular weight is 311 g/mol. The Morgan fingerprint density at radius 1 is 1.33 bits per heavy atom. The standard InChI is InChI=1S/C15H25N3O2S/c1-10-7-14(16)12(3)15(8-10)21(19,20)17-13-5-6-18(4)11(2)9-13/h7-8,11,13,17H,5-6,9,16H2,1-4H3. The molecule has 6 heteroatoms. The number of rotatable bonds is 3. The van der Waals surface area contributed by atoms with Gasteiger partial charge in [-0.1, -0.05) is 0 Å². The minimum absolute atomic E-state index is 0.0117. The second-order valence-electron chi connectivity index (χ2n) is 6.15. The van der Waals surface area contributed by atoms with Gasteiger partial charge in [0.25, 0.3) is 0 Å². The molecule has 1 aliphatic heterocycles. The lowest BCUT2D eigenvalue weighted by atomic mass is 10.0. The van der Waals surface area contributed by atoms with Crippen molar-refractivity contribution in [3.8, 4) is 0 Å². The van der Waals surface area contributed by atoms with Gasteiger partial charge in [0, 0.05) is 17.8 Å². The highest BCUT2D eigenvalue weighted by Crippen LogP contribution is 2.24. The van der Waals surface area contributed by atoms with Gasteiger partial charge >= 0.3 is 0 Å². The van der Waals surface area contributed by atoms with Crippen LogP contribution in [0.2, 0.25) is 0 Å². The lowest BCUT2D eigenvalue weighted by Crippen LogP contribution is -2.47. The summed E-state index contributed by atoms with van der Waals surface area (Å²) < 4.78 is 28.1. The number of anilines is 1. The van der Waals surface area contributed by atoms with Crippen molar-refractivity contribution in [2.75, 3.05) is 19.3 Å². The zero-order chi connectivity index (χ0) is 15.8. The topological polar surface area (TPSA) is 75.4 Å². The summed E-state index contributed by atoms with van der Waals surface area (Å²) in [4.78, 5) is 2.55. The van der Waals surface area contributed by atoms with Crippen LogP contribution in [0.15, 0.2) is 17.0 Å². The first-order valence-electron chi connectivity index (χ1n) is 7.30. The quantitative estimate of drug-likeness (QED) is 0.832. The zero-order valence-electron chi connectivity index (χ0n) is 13.2. The molecular weight excluding hydrogens is 286 g/mol. The van der Waals surface area contributed by atoms with Gasteiger partial charge in [-0.2, -0.15) is 0 Å². The fourth-order valence-electron chi connectivity index (χ4n) is 2.81. The van der Waals surface area contributed by atoms with E-state index in [9.17, 15) is 8.42 Å². The Morgan fingerprint density at radius 2 is 2.00 bits per heavy atom. The Hall–Kier alpha value is -1.11. The van der Waals surface area contributed by atoms with Crippen LogP contribution in [-0.4, -0.2) is 39.0 Å². The molecule has 1 aliphatic rings. The lowest BCUT2D eigenvalue weighted by molar-refractivity contribution is 0.178. The third-order valence-electron chi connectivity index (χ3n) is 4.36. The number of benzene rings is 1. The molecule has 2 rings (SSSR count). The van der Waals surface area contributed by atoms with Gasteiger partial charge in [-0.25, -0.2) is 13.1 Å². The van der Waals surface area contributed by atoms with Crippen LogP contribution in [0, 0.1) is 13.8 Å². The number of aryl methyl sites for hydroxylation is 1. The summed E-state index contributed by atoms with van der Waals surface area (Å²) in [6.45, 7) is 6.63. The molecule has 1 saturated heterocycles. The molecule has 0 aliphatic carbocycles. The summed E-state index contributed by atoms with van der Waals surface area (Å²) in [6.07, 6.45) is 1.66. The maximum absolute atomic E-state index is 12.6. The first-order chi connectivity index (χ1) is 9.70. The van der Waals surface area contributed by atoms with E-state index in [4.69, 9.17) is 5.73 Å². The van der Waals surface area contributed by atoms with Gasteiger partial charge in [0.05, 0.1) is 4.90 Å². The van der Waals surface area contributed by atoms with E-state index in [0.29, 0.717) is 22.2 Å². The normalized spacial score (nSPS) is 24.2. The summed E-state index contributed by atoms with van der Waals surface area (Å²) in [5.41, 5.74) is 7.89. The number of sulfonamides is 1. The van der Waals surface area contributed by atoms with Crippen molar-refractivity contribution in [2.24, 2.45) is 0 Å².